The van der Waals surface area contributed by atoms with Crippen molar-refractivity contribution in [2.24, 2.45) is 0 Å². The molecular formula is C25H29N3O3. The van der Waals surface area contributed by atoms with Gasteiger partial charge in [-0.15, -0.1) is 0 Å². The van der Waals surface area contributed by atoms with Crippen molar-refractivity contribution < 1.29 is 9.47 Å². The molecule has 1 aliphatic heterocycles. The first-order valence-electron chi connectivity index (χ1n) is 10.8. The molecule has 0 radical (unpaired) electrons. The molecule has 6 heteroatoms. The average Bonchev–Trinajstić information content (AvgIpc) is 2.83. The molecule has 0 saturated carbocycles. The monoisotopic (exact) mass is 419 g/mol. The summed E-state index contributed by atoms with van der Waals surface area (Å²) in [4.78, 5) is 20.4. The molecule has 0 atom stereocenters. The van der Waals surface area contributed by atoms with Gasteiger partial charge in [-0.25, -0.2) is 4.98 Å². The summed E-state index contributed by atoms with van der Waals surface area (Å²) < 4.78 is 12.4. The lowest BCUT2D eigenvalue weighted by atomic mass is 9.99. The zero-order chi connectivity index (χ0) is 22.0. The number of nitrogens with zero attached hydrogens (tertiary/aromatic N) is 3. The lowest BCUT2D eigenvalue weighted by Gasteiger charge is -2.25. The van der Waals surface area contributed by atoms with Crippen LogP contribution in [-0.2, 0) is 6.42 Å². The average molecular weight is 420 g/mol. The molecule has 2 aromatic heterocycles. The van der Waals surface area contributed by atoms with Crippen molar-refractivity contribution >= 4 is 11.2 Å². The highest BCUT2D eigenvalue weighted by atomic mass is 16.5. The van der Waals surface area contributed by atoms with E-state index in [1.807, 2.05) is 24.4 Å². The van der Waals surface area contributed by atoms with Crippen LogP contribution in [0.4, 0.5) is 0 Å². The molecule has 6 nitrogen and oxygen atoms in total. The molecule has 0 N–H and O–H groups in total. The highest BCUT2D eigenvalue weighted by Gasteiger charge is 2.16. The van der Waals surface area contributed by atoms with Crippen molar-refractivity contribution in [2.45, 2.75) is 26.7 Å². The van der Waals surface area contributed by atoms with E-state index in [-0.39, 0.29) is 5.56 Å². The second kappa shape index (κ2) is 8.94. The van der Waals surface area contributed by atoms with Gasteiger partial charge in [0.1, 0.15) is 5.65 Å². The van der Waals surface area contributed by atoms with Gasteiger partial charge in [0.25, 0.3) is 5.56 Å². The van der Waals surface area contributed by atoms with Crippen LogP contribution in [0.2, 0.25) is 0 Å². The number of aromatic nitrogens is 2. The fraction of sp³-hybridized carbons (Fsp3) is 0.360. The Morgan fingerprint density at radius 2 is 1.84 bits per heavy atom. The Morgan fingerprint density at radius 3 is 2.48 bits per heavy atom. The van der Waals surface area contributed by atoms with Crippen LogP contribution in [0.15, 0.2) is 47.4 Å². The van der Waals surface area contributed by atoms with Crippen molar-refractivity contribution in [2.75, 3.05) is 33.9 Å². The highest BCUT2D eigenvalue weighted by molar-refractivity contribution is 5.71. The molecule has 0 unspecified atom stereocenters. The van der Waals surface area contributed by atoms with Gasteiger partial charge in [-0.1, -0.05) is 19.9 Å². The Balaban J connectivity index is 1.81. The summed E-state index contributed by atoms with van der Waals surface area (Å²) in [6, 6.07) is 9.35. The second-order valence-electron chi connectivity index (χ2n) is 7.72. The van der Waals surface area contributed by atoms with Crippen LogP contribution in [0.3, 0.4) is 0 Å². The summed E-state index contributed by atoms with van der Waals surface area (Å²) in [5.41, 5.74) is 5.55. The quantitative estimate of drug-likeness (QED) is 0.603. The van der Waals surface area contributed by atoms with Crippen molar-refractivity contribution in [3.8, 4) is 22.8 Å². The number of benzene rings is 1. The molecule has 0 spiro atoms. The zero-order valence-electron chi connectivity index (χ0n) is 18.6. The zero-order valence-corrected chi connectivity index (χ0v) is 18.6. The minimum absolute atomic E-state index is 0.0853. The smallest absolute Gasteiger partial charge is 0.258 e. The topological polar surface area (TPSA) is 56.1 Å². The van der Waals surface area contributed by atoms with Gasteiger partial charge in [-0.05, 0) is 60.4 Å². The third-order valence-electron chi connectivity index (χ3n) is 6.01. The van der Waals surface area contributed by atoms with Crippen molar-refractivity contribution in [1.82, 2.24) is 14.3 Å². The molecule has 1 aliphatic rings. The standard InChI is InChI=1S/C25H29N3O3/c1-5-17-13-20(18-9-11-27(6-2)12-10-18)16-28-24(29)15-21(26-25(17)28)19-7-8-22(30-3)23(14-19)31-4/h7-9,13-16H,5-6,10-12H2,1-4H3. The van der Waals surface area contributed by atoms with E-state index in [0.29, 0.717) is 22.8 Å². The Bertz CT molecular complexity index is 1200. The molecule has 3 aromatic rings. The summed E-state index contributed by atoms with van der Waals surface area (Å²) in [5.74, 6) is 1.25. The molecule has 0 amide bonds. The number of likely N-dealkylation sites (N-methyl/N-ethyl adjacent to an activating group) is 1. The maximum atomic E-state index is 13.1. The van der Waals surface area contributed by atoms with Crippen LogP contribution in [0.5, 0.6) is 11.5 Å². The number of rotatable bonds is 6. The van der Waals surface area contributed by atoms with Gasteiger partial charge < -0.3 is 9.47 Å². The molecule has 0 aliphatic carbocycles. The van der Waals surface area contributed by atoms with E-state index in [1.54, 1.807) is 24.7 Å². The summed E-state index contributed by atoms with van der Waals surface area (Å²) in [6.45, 7) is 7.35. The third kappa shape index (κ3) is 4.08. The highest BCUT2D eigenvalue weighted by Crippen LogP contribution is 2.32. The lowest BCUT2D eigenvalue weighted by molar-refractivity contribution is 0.318. The van der Waals surface area contributed by atoms with Gasteiger partial charge in [0, 0.05) is 30.9 Å². The van der Waals surface area contributed by atoms with E-state index in [0.717, 1.165) is 49.2 Å². The number of hydrogen-bond acceptors (Lipinski definition) is 5. The van der Waals surface area contributed by atoms with Gasteiger partial charge in [0.15, 0.2) is 11.5 Å². The Morgan fingerprint density at radius 1 is 1.03 bits per heavy atom. The molecule has 31 heavy (non-hydrogen) atoms. The Labute approximate surface area is 182 Å². The predicted molar refractivity (Wildman–Crippen MR) is 124 cm³/mol. The van der Waals surface area contributed by atoms with Crippen molar-refractivity contribution in [1.29, 1.82) is 0 Å². The number of fused-ring (bicyclic) bond motifs is 1. The first-order valence-corrected chi connectivity index (χ1v) is 10.8. The van der Waals surface area contributed by atoms with Gasteiger partial charge in [0.2, 0.25) is 0 Å². The van der Waals surface area contributed by atoms with Gasteiger partial charge in [0.05, 0.1) is 19.9 Å². The largest absolute Gasteiger partial charge is 0.493 e. The summed E-state index contributed by atoms with van der Waals surface area (Å²) in [6.07, 6.45) is 6.02. The van der Waals surface area contributed by atoms with E-state index >= 15 is 0 Å². The van der Waals surface area contributed by atoms with Crippen molar-refractivity contribution in [3.05, 3.63) is 64.1 Å². The first kappa shape index (κ1) is 21.1. The van der Waals surface area contributed by atoms with Crippen LogP contribution in [0, 0.1) is 0 Å². The van der Waals surface area contributed by atoms with E-state index < -0.39 is 0 Å². The number of hydrogen-bond donors (Lipinski definition) is 0. The first-order chi connectivity index (χ1) is 15.1. The van der Waals surface area contributed by atoms with Crippen LogP contribution < -0.4 is 15.0 Å². The van der Waals surface area contributed by atoms with Gasteiger partial charge in [-0.3, -0.25) is 14.1 Å². The lowest BCUT2D eigenvalue weighted by Crippen LogP contribution is -2.28. The Kier molecular flexibility index (Phi) is 6.09. The normalized spacial score (nSPS) is 14.5. The minimum Gasteiger partial charge on any atom is -0.493 e. The predicted octanol–water partition coefficient (Wildman–Crippen LogP) is 4.05. The fourth-order valence-corrected chi connectivity index (χ4v) is 4.11. The number of pyridine rings is 1. The summed E-state index contributed by atoms with van der Waals surface area (Å²) >= 11 is 0. The van der Waals surface area contributed by atoms with Crippen LogP contribution in [-0.4, -0.2) is 48.1 Å². The number of ether oxygens (including phenoxy) is 2. The SMILES string of the molecule is CCc1cc(C2=CCN(CC)CC2)cn2c(=O)cc(-c3ccc(OC)c(OC)c3)nc12. The van der Waals surface area contributed by atoms with Crippen molar-refractivity contribution in [3.63, 3.8) is 0 Å². The van der Waals surface area contributed by atoms with Gasteiger partial charge in [-0.2, -0.15) is 0 Å². The minimum atomic E-state index is -0.0853. The molecule has 4 rings (SSSR count). The van der Waals surface area contributed by atoms with E-state index in [4.69, 9.17) is 14.5 Å². The van der Waals surface area contributed by atoms with Crippen LogP contribution in [0.1, 0.15) is 31.4 Å². The van der Waals surface area contributed by atoms with E-state index in [1.165, 1.54) is 5.57 Å². The van der Waals surface area contributed by atoms with Crippen LogP contribution >= 0.6 is 0 Å². The van der Waals surface area contributed by atoms with E-state index in [2.05, 4.69) is 30.9 Å². The van der Waals surface area contributed by atoms with Gasteiger partial charge >= 0.3 is 0 Å². The van der Waals surface area contributed by atoms with E-state index in [9.17, 15) is 4.79 Å². The summed E-state index contributed by atoms with van der Waals surface area (Å²) in [5, 5.41) is 0. The molecule has 0 fully saturated rings. The summed E-state index contributed by atoms with van der Waals surface area (Å²) in [7, 11) is 3.20. The molecule has 3 heterocycles. The van der Waals surface area contributed by atoms with Crippen LogP contribution in [0.25, 0.3) is 22.5 Å². The molecule has 162 valence electrons. The maximum absolute atomic E-state index is 13.1. The molecule has 0 bridgehead atoms. The third-order valence-corrected chi connectivity index (χ3v) is 6.01. The number of aryl methyl sites for hydroxylation is 1. The Hall–Kier alpha value is -3.12. The fourth-order valence-electron chi connectivity index (χ4n) is 4.11. The molecule has 1 aromatic carbocycles. The number of methoxy groups -OCH3 is 2. The molecular weight excluding hydrogens is 390 g/mol. The maximum Gasteiger partial charge on any atom is 0.258 e. The molecule has 0 saturated heterocycles. The second-order valence-corrected chi connectivity index (χ2v) is 7.72.